The Morgan fingerprint density at radius 1 is 1.22 bits per heavy atom. The van der Waals surface area contributed by atoms with Gasteiger partial charge in [-0.1, -0.05) is 20.8 Å². The molecular formula is C13H19N5. The minimum absolute atomic E-state index is 0.0905. The molecule has 0 unspecified atom stereocenters. The molecule has 0 aliphatic rings. The first kappa shape index (κ1) is 12.5. The number of hydrogen-bond acceptors (Lipinski definition) is 4. The number of imidazole rings is 1. The van der Waals surface area contributed by atoms with E-state index in [1.165, 1.54) is 0 Å². The largest absolute Gasteiger partial charge is 0.373 e. The third kappa shape index (κ3) is 2.34. The lowest BCUT2D eigenvalue weighted by atomic mass is 9.95. The van der Waals surface area contributed by atoms with Crippen molar-refractivity contribution >= 4 is 5.82 Å². The molecule has 0 atom stereocenters. The van der Waals surface area contributed by atoms with E-state index < -0.39 is 0 Å². The number of nitrogens with zero attached hydrogens (tertiary/aromatic N) is 4. The molecule has 0 saturated heterocycles. The topological polar surface area (TPSA) is 55.6 Å². The summed E-state index contributed by atoms with van der Waals surface area (Å²) in [6, 6.07) is 1.91. The second-order valence-electron chi connectivity index (χ2n) is 5.32. The number of rotatable bonds is 2. The molecule has 2 heterocycles. The van der Waals surface area contributed by atoms with E-state index in [1.807, 2.05) is 30.9 Å². The summed E-state index contributed by atoms with van der Waals surface area (Å²) < 4.78 is 1.95. The van der Waals surface area contributed by atoms with E-state index in [1.54, 1.807) is 6.20 Å². The van der Waals surface area contributed by atoms with E-state index in [4.69, 9.17) is 0 Å². The van der Waals surface area contributed by atoms with Crippen molar-refractivity contribution in [1.29, 1.82) is 0 Å². The Kier molecular flexibility index (Phi) is 3.07. The Morgan fingerprint density at radius 3 is 2.44 bits per heavy atom. The summed E-state index contributed by atoms with van der Waals surface area (Å²) >= 11 is 0. The van der Waals surface area contributed by atoms with Gasteiger partial charge in [-0.3, -0.25) is 0 Å². The number of anilines is 1. The monoisotopic (exact) mass is 245 g/mol. The predicted molar refractivity (Wildman–Crippen MR) is 72.5 cm³/mol. The highest BCUT2D eigenvalue weighted by atomic mass is 15.1. The fourth-order valence-electron chi connectivity index (χ4n) is 1.64. The molecule has 0 saturated carbocycles. The van der Waals surface area contributed by atoms with Gasteiger partial charge in [0.1, 0.15) is 17.3 Å². The summed E-state index contributed by atoms with van der Waals surface area (Å²) in [6.45, 7) is 6.30. The average molecular weight is 245 g/mol. The van der Waals surface area contributed by atoms with Crippen molar-refractivity contribution in [1.82, 2.24) is 19.5 Å². The quantitative estimate of drug-likeness (QED) is 0.881. The van der Waals surface area contributed by atoms with Crippen molar-refractivity contribution in [3.05, 3.63) is 24.3 Å². The SMILES string of the molecule is CNc1cc(-c2nccn2C)nc(C(C)(C)C)n1. The lowest BCUT2D eigenvalue weighted by Gasteiger charge is -2.18. The smallest absolute Gasteiger partial charge is 0.158 e. The first-order valence-electron chi connectivity index (χ1n) is 5.97. The molecule has 0 radical (unpaired) electrons. The minimum Gasteiger partial charge on any atom is -0.373 e. The van der Waals surface area contributed by atoms with Gasteiger partial charge in [0.15, 0.2) is 5.82 Å². The molecule has 5 nitrogen and oxygen atoms in total. The number of aryl methyl sites for hydroxylation is 1. The predicted octanol–water partition coefficient (Wildman–Crippen LogP) is 2.22. The van der Waals surface area contributed by atoms with E-state index in [0.29, 0.717) is 0 Å². The van der Waals surface area contributed by atoms with Gasteiger partial charge in [0, 0.05) is 38.0 Å². The van der Waals surface area contributed by atoms with Gasteiger partial charge < -0.3 is 9.88 Å². The average Bonchev–Trinajstić information content (AvgIpc) is 2.73. The van der Waals surface area contributed by atoms with Crippen molar-refractivity contribution in [2.24, 2.45) is 7.05 Å². The Balaban J connectivity index is 2.58. The molecule has 0 aliphatic carbocycles. The molecule has 0 bridgehead atoms. The van der Waals surface area contributed by atoms with Crippen LogP contribution in [0.15, 0.2) is 18.5 Å². The normalized spacial score (nSPS) is 11.6. The van der Waals surface area contributed by atoms with E-state index >= 15 is 0 Å². The van der Waals surface area contributed by atoms with Crippen LogP contribution in [-0.2, 0) is 12.5 Å². The maximum atomic E-state index is 4.62. The van der Waals surface area contributed by atoms with Gasteiger partial charge in [0.2, 0.25) is 0 Å². The lowest BCUT2D eigenvalue weighted by Crippen LogP contribution is -2.17. The zero-order chi connectivity index (χ0) is 13.3. The molecule has 2 aromatic heterocycles. The van der Waals surface area contributed by atoms with Crippen molar-refractivity contribution in [2.45, 2.75) is 26.2 Å². The zero-order valence-electron chi connectivity index (χ0n) is 11.5. The summed E-state index contributed by atoms with van der Waals surface area (Å²) in [5.41, 5.74) is 0.749. The molecule has 0 fully saturated rings. The van der Waals surface area contributed by atoms with E-state index in [-0.39, 0.29) is 5.41 Å². The van der Waals surface area contributed by atoms with Crippen LogP contribution in [-0.4, -0.2) is 26.6 Å². The molecule has 0 spiro atoms. The Hall–Kier alpha value is -1.91. The molecule has 2 aromatic rings. The summed E-state index contributed by atoms with van der Waals surface area (Å²) in [5, 5.41) is 3.07. The van der Waals surface area contributed by atoms with Crippen molar-refractivity contribution in [2.75, 3.05) is 12.4 Å². The van der Waals surface area contributed by atoms with Crippen LogP contribution in [0.1, 0.15) is 26.6 Å². The molecule has 0 amide bonds. The van der Waals surface area contributed by atoms with E-state index in [9.17, 15) is 0 Å². The molecule has 0 aliphatic heterocycles. The highest BCUT2D eigenvalue weighted by Gasteiger charge is 2.20. The van der Waals surface area contributed by atoms with E-state index in [2.05, 4.69) is 41.0 Å². The van der Waals surface area contributed by atoms with Crippen LogP contribution in [0, 0.1) is 0 Å². The van der Waals surface area contributed by atoms with Crippen LogP contribution in [0.4, 0.5) is 5.82 Å². The van der Waals surface area contributed by atoms with Crippen molar-refractivity contribution in [3.63, 3.8) is 0 Å². The molecule has 96 valence electrons. The van der Waals surface area contributed by atoms with Gasteiger partial charge in [-0.2, -0.15) is 0 Å². The Labute approximate surface area is 107 Å². The molecule has 1 N–H and O–H groups in total. The van der Waals surface area contributed by atoms with Crippen molar-refractivity contribution < 1.29 is 0 Å². The maximum absolute atomic E-state index is 4.62. The number of hydrogen-bond donors (Lipinski definition) is 1. The van der Waals surface area contributed by atoms with Gasteiger partial charge in [-0.15, -0.1) is 0 Å². The first-order chi connectivity index (χ1) is 8.41. The minimum atomic E-state index is -0.0905. The highest BCUT2D eigenvalue weighted by molar-refractivity contribution is 5.55. The standard InChI is InChI=1S/C13H19N5/c1-13(2,3)12-16-9(8-10(14-4)17-12)11-15-6-7-18(11)5/h6-8H,1-5H3,(H,14,16,17). The van der Waals surface area contributed by atoms with Gasteiger partial charge in [-0.25, -0.2) is 15.0 Å². The Bertz CT molecular complexity index is 551. The Morgan fingerprint density at radius 2 is 1.94 bits per heavy atom. The summed E-state index contributed by atoms with van der Waals surface area (Å²) in [5.74, 6) is 2.47. The molecule has 0 aromatic carbocycles. The van der Waals surface area contributed by atoms with Gasteiger partial charge in [-0.05, 0) is 0 Å². The highest BCUT2D eigenvalue weighted by Crippen LogP contribution is 2.24. The van der Waals surface area contributed by atoms with Crippen LogP contribution < -0.4 is 5.32 Å². The van der Waals surface area contributed by atoms with Crippen LogP contribution in [0.5, 0.6) is 0 Å². The molecule has 18 heavy (non-hydrogen) atoms. The number of aromatic nitrogens is 4. The zero-order valence-corrected chi connectivity index (χ0v) is 11.5. The van der Waals surface area contributed by atoms with Crippen molar-refractivity contribution in [3.8, 4) is 11.5 Å². The van der Waals surface area contributed by atoms with E-state index in [0.717, 1.165) is 23.2 Å². The van der Waals surface area contributed by atoms with Gasteiger partial charge >= 0.3 is 0 Å². The fourth-order valence-corrected chi connectivity index (χ4v) is 1.64. The fraction of sp³-hybridized carbons (Fsp3) is 0.462. The summed E-state index contributed by atoms with van der Waals surface area (Å²) in [7, 11) is 3.82. The molecule has 2 rings (SSSR count). The lowest BCUT2D eigenvalue weighted by molar-refractivity contribution is 0.546. The van der Waals surface area contributed by atoms with Crippen LogP contribution in [0.2, 0.25) is 0 Å². The van der Waals surface area contributed by atoms with Gasteiger partial charge in [0.05, 0.1) is 0 Å². The van der Waals surface area contributed by atoms with Gasteiger partial charge in [0.25, 0.3) is 0 Å². The molecular weight excluding hydrogens is 226 g/mol. The second-order valence-corrected chi connectivity index (χ2v) is 5.32. The second kappa shape index (κ2) is 4.40. The van der Waals surface area contributed by atoms with Crippen LogP contribution in [0.3, 0.4) is 0 Å². The first-order valence-corrected chi connectivity index (χ1v) is 5.97. The van der Waals surface area contributed by atoms with Crippen LogP contribution >= 0.6 is 0 Å². The summed E-state index contributed by atoms with van der Waals surface area (Å²) in [6.07, 6.45) is 3.68. The third-order valence-electron chi connectivity index (χ3n) is 2.70. The van der Waals surface area contributed by atoms with Crippen LogP contribution in [0.25, 0.3) is 11.5 Å². The summed E-state index contributed by atoms with van der Waals surface area (Å²) in [4.78, 5) is 13.5. The number of nitrogens with one attached hydrogen (secondary N) is 1. The third-order valence-corrected chi connectivity index (χ3v) is 2.70. The maximum Gasteiger partial charge on any atom is 0.158 e. The molecule has 5 heteroatoms.